The largest absolute Gasteiger partial charge is 0.493 e. The van der Waals surface area contributed by atoms with Crippen LogP contribution in [0.15, 0.2) is 41.6 Å². The van der Waals surface area contributed by atoms with Gasteiger partial charge >= 0.3 is 0 Å². The summed E-state index contributed by atoms with van der Waals surface area (Å²) < 4.78 is 10.5. The summed E-state index contributed by atoms with van der Waals surface area (Å²) in [4.78, 5) is 20.1. The number of carbonyl (C=O) groups is 1. The number of fused-ring (bicyclic) bond motifs is 1. The Labute approximate surface area is 169 Å². The summed E-state index contributed by atoms with van der Waals surface area (Å²) in [5, 5.41) is 4.36. The Morgan fingerprint density at radius 2 is 2.04 bits per heavy atom. The number of hydrogen-bond donors (Lipinski definition) is 0. The second-order valence-corrected chi connectivity index (χ2v) is 7.02. The fraction of sp³-hybridized carbons (Fsp3) is 0.333. The van der Waals surface area contributed by atoms with Crippen molar-refractivity contribution in [3.8, 4) is 11.5 Å². The Kier molecular flexibility index (Phi) is 6.09. The highest BCUT2D eigenvalue weighted by atomic mass is 35.5. The molecule has 0 aromatic heterocycles. The molecule has 1 amide bonds. The van der Waals surface area contributed by atoms with E-state index in [4.69, 9.17) is 25.9 Å². The molecule has 0 saturated carbocycles. The number of oxime groups is 1. The first kappa shape index (κ1) is 20.0. The van der Waals surface area contributed by atoms with Crippen molar-refractivity contribution in [2.45, 2.75) is 32.4 Å². The van der Waals surface area contributed by atoms with Crippen LogP contribution in [0.4, 0.5) is 5.69 Å². The zero-order valence-electron chi connectivity index (χ0n) is 16.3. The van der Waals surface area contributed by atoms with E-state index in [9.17, 15) is 4.79 Å². The highest BCUT2D eigenvalue weighted by molar-refractivity contribution is 6.32. The van der Waals surface area contributed by atoms with Gasteiger partial charge in [-0.25, -0.2) is 0 Å². The monoisotopic (exact) mass is 402 g/mol. The van der Waals surface area contributed by atoms with Gasteiger partial charge in [0, 0.05) is 17.3 Å². The molecule has 0 aliphatic carbocycles. The van der Waals surface area contributed by atoms with Crippen molar-refractivity contribution in [3.63, 3.8) is 0 Å². The van der Waals surface area contributed by atoms with Gasteiger partial charge < -0.3 is 19.2 Å². The number of benzene rings is 2. The molecule has 1 heterocycles. The van der Waals surface area contributed by atoms with E-state index < -0.39 is 6.10 Å². The van der Waals surface area contributed by atoms with Gasteiger partial charge in [-0.3, -0.25) is 4.79 Å². The Bertz CT molecular complexity index is 900. The van der Waals surface area contributed by atoms with Gasteiger partial charge in [0.2, 0.25) is 6.10 Å². The maximum atomic E-state index is 12.9. The molecule has 28 heavy (non-hydrogen) atoms. The third kappa shape index (κ3) is 3.92. The van der Waals surface area contributed by atoms with E-state index in [-0.39, 0.29) is 11.9 Å². The molecule has 7 heteroatoms. The Morgan fingerprint density at radius 1 is 1.29 bits per heavy atom. The number of methoxy groups -OCH3 is 2. The lowest BCUT2D eigenvalue weighted by atomic mass is 10.1. The summed E-state index contributed by atoms with van der Waals surface area (Å²) in [6.07, 6.45) is 1.60. The summed E-state index contributed by atoms with van der Waals surface area (Å²) in [5.74, 6) is 0.815. The first-order chi connectivity index (χ1) is 13.5. The Morgan fingerprint density at radius 3 is 2.75 bits per heavy atom. The van der Waals surface area contributed by atoms with Crippen LogP contribution in [0.2, 0.25) is 5.02 Å². The molecule has 6 nitrogen and oxygen atoms in total. The lowest BCUT2D eigenvalue weighted by Crippen LogP contribution is -2.42. The van der Waals surface area contributed by atoms with E-state index in [1.807, 2.05) is 31.2 Å². The molecule has 2 aromatic carbocycles. The first-order valence-corrected chi connectivity index (χ1v) is 9.35. The number of ether oxygens (including phenoxy) is 2. The van der Waals surface area contributed by atoms with Gasteiger partial charge in [-0.1, -0.05) is 35.0 Å². The third-order valence-electron chi connectivity index (χ3n) is 4.67. The van der Waals surface area contributed by atoms with Crippen LogP contribution in [0.25, 0.3) is 0 Å². The summed E-state index contributed by atoms with van der Waals surface area (Å²) >= 11 is 6.19. The lowest BCUT2D eigenvalue weighted by molar-refractivity contribution is -0.129. The van der Waals surface area contributed by atoms with Crippen molar-refractivity contribution in [3.05, 3.63) is 52.5 Å². The molecule has 1 aliphatic rings. The molecule has 0 spiro atoms. The number of para-hydroxylation sites is 1. The van der Waals surface area contributed by atoms with E-state index in [0.717, 1.165) is 12.1 Å². The second kappa shape index (κ2) is 8.52. The summed E-state index contributed by atoms with van der Waals surface area (Å²) in [6.45, 7) is 3.72. The van der Waals surface area contributed by atoms with Crippen molar-refractivity contribution >= 4 is 29.4 Å². The molecule has 0 bridgehead atoms. The van der Waals surface area contributed by atoms with Gasteiger partial charge in [0.15, 0.2) is 11.5 Å². The van der Waals surface area contributed by atoms with Crippen LogP contribution >= 0.6 is 11.6 Å². The van der Waals surface area contributed by atoms with Crippen LogP contribution < -0.4 is 14.4 Å². The van der Waals surface area contributed by atoms with Gasteiger partial charge in [0.1, 0.15) is 0 Å². The fourth-order valence-corrected chi connectivity index (χ4v) is 3.63. The van der Waals surface area contributed by atoms with E-state index >= 15 is 0 Å². The SMILES string of the molecule is COc1cc(/C=N/OC(C)C(=O)N2c3ccccc3CC2C)cc(Cl)c1OC. The normalized spacial score (nSPS) is 16.8. The van der Waals surface area contributed by atoms with E-state index in [1.54, 1.807) is 24.0 Å². The molecule has 0 radical (unpaired) electrons. The van der Waals surface area contributed by atoms with Gasteiger partial charge in [-0.05, 0) is 44.0 Å². The molecule has 0 fully saturated rings. The zero-order valence-corrected chi connectivity index (χ0v) is 17.1. The number of amides is 1. The number of nitrogens with zero attached hydrogens (tertiary/aromatic N) is 2. The number of hydrogen-bond acceptors (Lipinski definition) is 5. The third-order valence-corrected chi connectivity index (χ3v) is 4.95. The minimum absolute atomic E-state index is 0.0876. The molecular weight excluding hydrogens is 380 g/mol. The van der Waals surface area contributed by atoms with Crippen LogP contribution in [0.1, 0.15) is 25.0 Å². The van der Waals surface area contributed by atoms with Gasteiger partial charge in [0.25, 0.3) is 5.91 Å². The predicted octanol–water partition coefficient (Wildman–Crippen LogP) is 4.07. The Balaban J connectivity index is 1.70. The minimum Gasteiger partial charge on any atom is -0.493 e. The summed E-state index contributed by atoms with van der Waals surface area (Å²) in [6, 6.07) is 11.4. The van der Waals surface area contributed by atoms with Crippen molar-refractivity contribution in [2.75, 3.05) is 19.1 Å². The van der Waals surface area contributed by atoms with Crippen LogP contribution in [0.3, 0.4) is 0 Å². The second-order valence-electron chi connectivity index (χ2n) is 6.61. The van der Waals surface area contributed by atoms with Gasteiger partial charge in [-0.15, -0.1) is 0 Å². The van der Waals surface area contributed by atoms with Crippen LogP contribution in [-0.2, 0) is 16.1 Å². The summed E-state index contributed by atoms with van der Waals surface area (Å²) in [5.41, 5.74) is 2.77. The standard InChI is InChI=1S/C21H23ClN2O4/c1-13-9-16-7-5-6-8-18(16)24(13)21(25)14(2)28-23-12-15-10-17(22)20(27-4)19(11-15)26-3/h5-8,10-14H,9H2,1-4H3/b23-12+. The quantitative estimate of drug-likeness (QED) is 0.539. The number of halogens is 1. The van der Waals surface area contributed by atoms with E-state index in [0.29, 0.717) is 22.1 Å². The smallest absolute Gasteiger partial charge is 0.270 e. The molecule has 148 valence electrons. The number of carbonyl (C=O) groups excluding carboxylic acids is 1. The van der Waals surface area contributed by atoms with Crippen molar-refractivity contribution in [1.29, 1.82) is 0 Å². The van der Waals surface area contributed by atoms with Crippen LogP contribution in [0, 0.1) is 0 Å². The van der Waals surface area contributed by atoms with E-state index in [1.165, 1.54) is 26.0 Å². The molecule has 3 rings (SSSR count). The predicted molar refractivity (Wildman–Crippen MR) is 110 cm³/mol. The molecule has 2 atom stereocenters. The molecule has 2 aromatic rings. The van der Waals surface area contributed by atoms with Crippen LogP contribution in [-0.4, -0.2) is 38.5 Å². The molecule has 0 saturated heterocycles. The number of anilines is 1. The highest BCUT2D eigenvalue weighted by Crippen LogP contribution is 2.35. The van der Waals surface area contributed by atoms with Crippen molar-refractivity contribution in [2.24, 2.45) is 5.16 Å². The first-order valence-electron chi connectivity index (χ1n) is 8.98. The minimum atomic E-state index is -0.722. The zero-order chi connectivity index (χ0) is 20.3. The van der Waals surface area contributed by atoms with Crippen molar-refractivity contribution in [1.82, 2.24) is 0 Å². The summed E-state index contributed by atoms with van der Waals surface area (Å²) in [7, 11) is 3.05. The van der Waals surface area contributed by atoms with Gasteiger partial charge in [0.05, 0.1) is 25.5 Å². The van der Waals surface area contributed by atoms with E-state index in [2.05, 4.69) is 5.16 Å². The lowest BCUT2D eigenvalue weighted by Gasteiger charge is -2.24. The molecule has 0 N–H and O–H groups in total. The molecule has 1 aliphatic heterocycles. The van der Waals surface area contributed by atoms with Crippen LogP contribution in [0.5, 0.6) is 11.5 Å². The molecule has 2 unspecified atom stereocenters. The maximum Gasteiger partial charge on any atom is 0.270 e. The van der Waals surface area contributed by atoms with Crippen molar-refractivity contribution < 1.29 is 19.1 Å². The maximum absolute atomic E-state index is 12.9. The Hall–Kier alpha value is -2.73. The average Bonchev–Trinajstić information content (AvgIpc) is 3.02. The topological polar surface area (TPSA) is 60.4 Å². The molecular formula is C21H23ClN2O4. The average molecular weight is 403 g/mol. The van der Waals surface area contributed by atoms with Gasteiger partial charge in [-0.2, -0.15) is 0 Å². The number of rotatable bonds is 6. The fourth-order valence-electron chi connectivity index (χ4n) is 3.34. The highest BCUT2D eigenvalue weighted by Gasteiger charge is 2.33.